The van der Waals surface area contributed by atoms with Crippen LogP contribution in [0.5, 0.6) is 0 Å². The van der Waals surface area contributed by atoms with Crippen LogP contribution in [0.3, 0.4) is 0 Å². The summed E-state index contributed by atoms with van der Waals surface area (Å²) in [6, 6.07) is 0.143. The van der Waals surface area contributed by atoms with Gasteiger partial charge in [-0.15, -0.1) is 0 Å². The number of allylic oxidation sites excluding steroid dienone is 1. The summed E-state index contributed by atoms with van der Waals surface area (Å²) in [5.74, 6) is 0.261. The molecule has 1 aliphatic carbocycles. The summed E-state index contributed by atoms with van der Waals surface area (Å²) < 4.78 is 25.9. The molecule has 124 valence electrons. The minimum Gasteiger partial charge on any atom is -0.398 e. The van der Waals surface area contributed by atoms with Gasteiger partial charge in [0.25, 0.3) is 0 Å². The van der Waals surface area contributed by atoms with Gasteiger partial charge in [-0.2, -0.15) is 0 Å². The van der Waals surface area contributed by atoms with E-state index in [1.54, 1.807) is 0 Å². The molecule has 0 bridgehead atoms. The van der Waals surface area contributed by atoms with Gasteiger partial charge in [-0.3, -0.25) is 4.79 Å². The molecule has 0 spiro atoms. The third kappa shape index (κ3) is 3.54. The van der Waals surface area contributed by atoms with Crippen LogP contribution in [0.25, 0.3) is 0 Å². The summed E-state index contributed by atoms with van der Waals surface area (Å²) in [6.45, 7) is 11.5. The third-order valence-corrected chi connectivity index (χ3v) is 4.79. The molecular formula is C16H27BFNO3. The third-order valence-electron chi connectivity index (χ3n) is 4.79. The first-order chi connectivity index (χ1) is 10.0. The Morgan fingerprint density at radius 2 is 1.77 bits per heavy atom. The minimum absolute atomic E-state index is 0.0371. The van der Waals surface area contributed by atoms with Crippen molar-refractivity contribution in [3.63, 3.8) is 0 Å². The monoisotopic (exact) mass is 311 g/mol. The molecular weight excluding hydrogens is 284 g/mol. The molecule has 6 heteroatoms. The topological polar surface area (TPSA) is 47.6 Å². The molecule has 0 atom stereocenters. The zero-order chi connectivity index (χ0) is 16.7. The van der Waals surface area contributed by atoms with Crippen LogP contribution in [0.2, 0.25) is 0 Å². The van der Waals surface area contributed by atoms with Gasteiger partial charge >= 0.3 is 7.12 Å². The minimum atomic E-state index is -0.912. The van der Waals surface area contributed by atoms with Crippen LogP contribution in [0.4, 0.5) is 4.39 Å². The number of nitrogens with one attached hydrogen (secondary N) is 1. The van der Waals surface area contributed by atoms with E-state index in [0.29, 0.717) is 19.3 Å². The van der Waals surface area contributed by atoms with Crippen LogP contribution in [0.15, 0.2) is 11.3 Å². The van der Waals surface area contributed by atoms with Gasteiger partial charge in [0.05, 0.1) is 11.2 Å². The molecule has 0 aromatic rings. The lowest BCUT2D eigenvalue weighted by Crippen LogP contribution is -2.41. The van der Waals surface area contributed by atoms with E-state index in [-0.39, 0.29) is 23.6 Å². The molecule has 1 N–H and O–H groups in total. The molecule has 2 aliphatic rings. The SMILES string of the molecule is CC(C)NC(=O)CC1CC(=C(F)B2OC(C)(C)C(C)(C)O2)C1. The van der Waals surface area contributed by atoms with Gasteiger partial charge in [-0.1, -0.05) is 0 Å². The van der Waals surface area contributed by atoms with E-state index in [1.807, 2.05) is 41.5 Å². The predicted octanol–water partition coefficient (Wildman–Crippen LogP) is 3.17. The highest BCUT2D eigenvalue weighted by molar-refractivity contribution is 6.53. The van der Waals surface area contributed by atoms with Crippen LogP contribution in [0.1, 0.15) is 60.8 Å². The van der Waals surface area contributed by atoms with Crippen molar-refractivity contribution in [3.05, 3.63) is 11.3 Å². The first-order valence-corrected chi connectivity index (χ1v) is 8.04. The molecule has 2 fully saturated rings. The summed E-state index contributed by atoms with van der Waals surface area (Å²) in [5, 5.41) is 2.86. The van der Waals surface area contributed by atoms with Crippen LogP contribution in [0, 0.1) is 5.92 Å². The highest BCUT2D eigenvalue weighted by Gasteiger charge is 2.54. The van der Waals surface area contributed by atoms with E-state index >= 15 is 0 Å². The molecule has 1 amide bonds. The van der Waals surface area contributed by atoms with Gasteiger partial charge in [-0.05, 0) is 65.9 Å². The maximum absolute atomic E-state index is 14.5. The molecule has 1 saturated carbocycles. The van der Waals surface area contributed by atoms with E-state index in [4.69, 9.17) is 9.31 Å². The van der Waals surface area contributed by atoms with Crippen LogP contribution < -0.4 is 5.32 Å². The van der Waals surface area contributed by atoms with Gasteiger partial charge in [-0.25, -0.2) is 4.39 Å². The molecule has 0 aromatic heterocycles. The van der Waals surface area contributed by atoms with Gasteiger partial charge in [0.15, 0.2) is 0 Å². The van der Waals surface area contributed by atoms with Gasteiger partial charge in [0.2, 0.25) is 5.91 Å². The van der Waals surface area contributed by atoms with Crippen molar-refractivity contribution >= 4 is 13.0 Å². The van der Waals surface area contributed by atoms with Gasteiger partial charge in [0, 0.05) is 12.5 Å². The van der Waals surface area contributed by atoms with Crippen molar-refractivity contribution in [1.29, 1.82) is 0 Å². The molecule has 4 nitrogen and oxygen atoms in total. The highest BCUT2D eigenvalue weighted by atomic mass is 19.1. The Hall–Kier alpha value is -0.875. The van der Waals surface area contributed by atoms with Crippen LogP contribution in [-0.4, -0.2) is 30.3 Å². The Morgan fingerprint density at radius 3 is 2.23 bits per heavy atom. The summed E-state index contributed by atoms with van der Waals surface area (Å²) in [7, 11) is -0.912. The zero-order valence-electron chi connectivity index (χ0n) is 14.5. The Bertz CT molecular complexity index is 464. The van der Waals surface area contributed by atoms with Crippen molar-refractivity contribution in [1.82, 2.24) is 5.32 Å². The van der Waals surface area contributed by atoms with E-state index in [1.165, 1.54) is 0 Å². The summed E-state index contributed by atoms with van der Waals surface area (Å²) in [6.07, 6.45) is 1.68. The fourth-order valence-electron chi connectivity index (χ4n) is 2.73. The average Bonchev–Trinajstić information content (AvgIpc) is 2.51. The summed E-state index contributed by atoms with van der Waals surface area (Å²) in [4.78, 5) is 11.7. The van der Waals surface area contributed by atoms with Crippen molar-refractivity contribution in [2.24, 2.45) is 5.92 Å². The number of hydrogen-bond acceptors (Lipinski definition) is 3. The maximum Gasteiger partial charge on any atom is 0.525 e. The number of halogens is 1. The zero-order valence-corrected chi connectivity index (χ0v) is 14.5. The molecule has 22 heavy (non-hydrogen) atoms. The molecule has 0 radical (unpaired) electrons. The number of carbonyl (C=O) groups is 1. The first-order valence-electron chi connectivity index (χ1n) is 8.04. The number of hydrogen-bond donors (Lipinski definition) is 1. The standard InChI is InChI=1S/C16H27BFNO3/c1-10(2)19-13(20)9-11-7-12(8-11)14(18)17-21-15(3,4)16(5,6)22-17/h10-11H,7-9H2,1-6H3,(H,19,20). The molecule has 1 saturated heterocycles. The molecule has 1 aliphatic heterocycles. The lowest BCUT2D eigenvalue weighted by molar-refractivity contribution is -0.122. The van der Waals surface area contributed by atoms with Crippen molar-refractivity contribution in [2.45, 2.75) is 78.0 Å². The van der Waals surface area contributed by atoms with Crippen molar-refractivity contribution in [3.8, 4) is 0 Å². The molecule has 2 rings (SSSR count). The molecule has 1 heterocycles. The lowest BCUT2D eigenvalue weighted by Gasteiger charge is -2.32. The Balaban J connectivity index is 1.89. The number of amides is 1. The van der Waals surface area contributed by atoms with E-state index in [0.717, 1.165) is 5.57 Å². The van der Waals surface area contributed by atoms with E-state index < -0.39 is 18.3 Å². The van der Waals surface area contributed by atoms with E-state index in [9.17, 15) is 9.18 Å². The fraction of sp³-hybridized carbons (Fsp3) is 0.812. The lowest BCUT2D eigenvalue weighted by atomic mass is 9.71. The molecule has 0 aromatic carbocycles. The number of rotatable bonds is 4. The summed E-state index contributed by atoms with van der Waals surface area (Å²) >= 11 is 0. The molecule has 0 unspecified atom stereocenters. The van der Waals surface area contributed by atoms with Crippen molar-refractivity contribution < 1.29 is 18.5 Å². The van der Waals surface area contributed by atoms with Crippen molar-refractivity contribution in [2.75, 3.05) is 0 Å². The van der Waals surface area contributed by atoms with Gasteiger partial charge in [0.1, 0.15) is 5.73 Å². The maximum atomic E-state index is 14.5. The second-order valence-corrected chi connectivity index (χ2v) is 7.74. The average molecular weight is 311 g/mol. The highest BCUT2D eigenvalue weighted by Crippen LogP contribution is 2.43. The Kier molecular flexibility index (Phi) is 4.74. The largest absolute Gasteiger partial charge is 0.525 e. The Labute approximate surface area is 133 Å². The second kappa shape index (κ2) is 5.97. The quantitative estimate of drug-likeness (QED) is 0.811. The normalized spacial score (nSPS) is 26.1. The first kappa shape index (κ1) is 17.5. The van der Waals surface area contributed by atoms with Gasteiger partial charge < -0.3 is 14.6 Å². The predicted molar refractivity (Wildman–Crippen MR) is 84.8 cm³/mol. The van der Waals surface area contributed by atoms with Crippen LogP contribution in [-0.2, 0) is 14.1 Å². The second-order valence-electron chi connectivity index (χ2n) is 7.74. The fourth-order valence-corrected chi connectivity index (χ4v) is 2.73. The van der Waals surface area contributed by atoms with Crippen LogP contribution >= 0.6 is 0 Å². The number of carbonyl (C=O) groups excluding carboxylic acids is 1. The summed E-state index contributed by atoms with van der Waals surface area (Å²) in [5.41, 5.74) is -0.647. The smallest absolute Gasteiger partial charge is 0.398 e. The Morgan fingerprint density at radius 1 is 1.27 bits per heavy atom. The van der Waals surface area contributed by atoms with E-state index in [2.05, 4.69) is 5.32 Å².